The van der Waals surface area contributed by atoms with Gasteiger partial charge < -0.3 is 15.6 Å². The van der Waals surface area contributed by atoms with Gasteiger partial charge in [0.25, 0.3) is 5.69 Å². The Morgan fingerprint density at radius 3 is 3.00 bits per heavy atom. The molecule has 8 heteroatoms. The van der Waals surface area contributed by atoms with Gasteiger partial charge in [-0.3, -0.25) is 14.9 Å². The van der Waals surface area contributed by atoms with Gasteiger partial charge in [-0.2, -0.15) is 0 Å². The molecule has 0 fully saturated rings. The fourth-order valence-electron chi connectivity index (χ4n) is 2.13. The van der Waals surface area contributed by atoms with Gasteiger partial charge in [-0.05, 0) is 11.6 Å². The van der Waals surface area contributed by atoms with Crippen molar-refractivity contribution in [1.82, 2.24) is 9.97 Å². The summed E-state index contributed by atoms with van der Waals surface area (Å²) in [6, 6.07) is 3.01. The molecule has 3 rings (SSSR count). The van der Waals surface area contributed by atoms with E-state index in [2.05, 4.69) is 20.6 Å². The topological polar surface area (TPSA) is 113 Å². The third-order valence-corrected chi connectivity index (χ3v) is 3.04. The molecule has 1 aliphatic heterocycles. The molecule has 0 bridgehead atoms. The van der Waals surface area contributed by atoms with Crippen molar-refractivity contribution in [2.45, 2.75) is 13.0 Å². The van der Waals surface area contributed by atoms with Crippen molar-refractivity contribution in [2.24, 2.45) is 0 Å². The van der Waals surface area contributed by atoms with Gasteiger partial charge in [0.15, 0.2) is 0 Å². The van der Waals surface area contributed by atoms with E-state index in [1.807, 2.05) is 0 Å². The van der Waals surface area contributed by atoms with Gasteiger partial charge in [-0.15, -0.1) is 0 Å². The van der Waals surface area contributed by atoms with E-state index in [1.54, 1.807) is 18.5 Å². The Hall–Kier alpha value is -2.90. The van der Waals surface area contributed by atoms with Crippen LogP contribution in [-0.4, -0.2) is 20.8 Å². The number of aromatic amines is 1. The number of amides is 1. The summed E-state index contributed by atoms with van der Waals surface area (Å²) in [5, 5.41) is 16.7. The summed E-state index contributed by atoms with van der Waals surface area (Å²) < 4.78 is 0. The summed E-state index contributed by atoms with van der Waals surface area (Å²) in [6.45, 7) is 0.334. The minimum atomic E-state index is -0.465. The van der Waals surface area contributed by atoms with Gasteiger partial charge in [0, 0.05) is 24.1 Å². The summed E-state index contributed by atoms with van der Waals surface area (Å²) in [5.74, 6) is 0.515. The summed E-state index contributed by atoms with van der Waals surface area (Å²) >= 11 is 0. The average molecular weight is 273 g/mol. The van der Waals surface area contributed by atoms with Crippen molar-refractivity contribution in [3.63, 3.8) is 0 Å². The number of aromatic nitrogens is 2. The molecule has 0 radical (unpaired) electrons. The summed E-state index contributed by atoms with van der Waals surface area (Å²) in [5.41, 5.74) is 1.56. The number of fused-ring (bicyclic) bond motifs is 1. The first kappa shape index (κ1) is 12.2. The van der Waals surface area contributed by atoms with Crippen molar-refractivity contribution in [1.29, 1.82) is 0 Å². The zero-order valence-corrected chi connectivity index (χ0v) is 10.3. The van der Waals surface area contributed by atoms with Crippen LogP contribution in [0.5, 0.6) is 0 Å². The number of carbonyl (C=O) groups excluding carboxylic acids is 1. The monoisotopic (exact) mass is 273 g/mol. The molecular weight excluding hydrogens is 262 g/mol. The van der Waals surface area contributed by atoms with Crippen LogP contribution in [0, 0.1) is 10.1 Å². The molecule has 2 aromatic rings. The second kappa shape index (κ2) is 4.65. The van der Waals surface area contributed by atoms with Crippen LogP contribution in [0.2, 0.25) is 0 Å². The molecule has 1 aromatic carbocycles. The Kier molecular flexibility index (Phi) is 2.82. The lowest BCUT2D eigenvalue weighted by molar-refractivity contribution is -0.384. The van der Waals surface area contributed by atoms with Gasteiger partial charge in [-0.25, -0.2) is 4.98 Å². The number of benzene rings is 1. The molecule has 0 saturated carbocycles. The number of H-pyrrole nitrogens is 1. The highest BCUT2D eigenvalue weighted by molar-refractivity contribution is 6.00. The first-order valence-electron chi connectivity index (χ1n) is 5.97. The van der Waals surface area contributed by atoms with Crippen LogP contribution in [0.15, 0.2) is 24.5 Å². The standard InChI is InChI=1S/C12H11N5O3/c18-12-4-7-3-10(17(19)20)9(5-8(7)16-12)15-6-11-13-1-2-14-11/h1-3,5,15H,4,6H2,(H,13,14)(H,16,18). The van der Waals surface area contributed by atoms with Crippen LogP contribution in [0.3, 0.4) is 0 Å². The Bertz CT molecular complexity index is 681. The molecule has 2 heterocycles. The zero-order valence-electron chi connectivity index (χ0n) is 10.3. The summed E-state index contributed by atoms with van der Waals surface area (Å²) in [6.07, 6.45) is 3.46. The quantitative estimate of drug-likeness (QED) is 0.576. The van der Waals surface area contributed by atoms with Crippen molar-refractivity contribution in [3.8, 4) is 0 Å². The van der Waals surface area contributed by atoms with Gasteiger partial charge in [0.05, 0.1) is 17.9 Å². The number of imidazole rings is 1. The molecule has 1 amide bonds. The molecule has 0 spiro atoms. The van der Waals surface area contributed by atoms with Crippen LogP contribution < -0.4 is 10.6 Å². The van der Waals surface area contributed by atoms with Crippen LogP contribution in [0.25, 0.3) is 0 Å². The SMILES string of the molecule is O=C1Cc2cc([N+](=O)[O-])c(NCc3ncc[nH]3)cc2N1. The molecule has 0 aliphatic carbocycles. The number of rotatable bonds is 4. The van der Waals surface area contributed by atoms with E-state index in [4.69, 9.17) is 0 Å². The van der Waals surface area contributed by atoms with Crippen molar-refractivity contribution in [2.75, 3.05) is 10.6 Å². The Morgan fingerprint density at radius 1 is 1.45 bits per heavy atom. The third-order valence-electron chi connectivity index (χ3n) is 3.04. The van der Waals surface area contributed by atoms with Gasteiger partial charge >= 0.3 is 0 Å². The van der Waals surface area contributed by atoms with E-state index in [-0.39, 0.29) is 18.0 Å². The van der Waals surface area contributed by atoms with Gasteiger partial charge in [0.1, 0.15) is 11.5 Å². The van der Waals surface area contributed by atoms with E-state index in [0.717, 1.165) is 0 Å². The highest BCUT2D eigenvalue weighted by atomic mass is 16.6. The Balaban J connectivity index is 1.90. The number of anilines is 2. The number of nitro groups is 1. The maximum atomic E-state index is 11.3. The molecule has 3 N–H and O–H groups in total. The fourth-order valence-corrected chi connectivity index (χ4v) is 2.13. The number of nitro benzene ring substituents is 1. The Morgan fingerprint density at radius 2 is 2.30 bits per heavy atom. The maximum absolute atomic E-state index is 11.3. The predicted octanol–water partition coefficient (Wildman–Crippen LogP) is 1.42. The highest BCUT2D eigenvalue weighted by Gasteiger charge is 2.24. The first-order valence-corrected chi connectivity index (χ1v) is 5.97. The smallest absolute Gasteiger partial charge is 0.292 e. The van der Waals surface area contributed by atoms with E-state index < -0.39 is 4.92 Å². The van der Waals surface area contributed by atoms with Gasteiger partial charge in [-0.1, -0.05) is 0 Å². The molecule has 1 aliphatic rings. The number of hydrogen-bond donors (Lipinski definition) is 3. The molecule has 20 heavy (non-hydrogen) atoms. The largest absolute Gasteiger partial charge is 0.372 e. The van der Waals surface area contributed by atoms with Crippen LogP contribution in [-0.2, 0) is 17.8 Å². The lowest BCUT2D eigenvalue weighted by Crippen LogP contribution is -2.05. The first-order chi connectivity index (χ1) is 9.63. The van der Waals surface area contributed by atoms with Crippen LogP contribution >= 0.6 is 0 Å². The molecule has 0 atom stereocenters. The number of nitrogens with zero attached hydrogens (tertiary/aromatic N) is 2. The number of hydrogen-bond acceptors (Lipinski definition) is 5. The average Bonchev–Trinajstić information content (AvgIpc) is 3.02. The molecule has 0 saturated heterocycles. The molecular formula is C12H11N5O3. The lowest BCUT2D eigenvalue weighted by atomic mass is 10.1. The molecule has 1 aromatic heterocycles. The Labute approximate surface area is 113 Å². The van der Waals surface area contributed by atoms with E-state index in [0.29, 0.717) is 29.3 Å². The van der Waals surface area contributed by atoms with Crippen LogP contribution in [0.4, 0.5) is 17.1 Å². The minimum Gasteiger partial charge on any atom is -0.372 e. The van der Waals surface area contributed by atoms with E-state index in [9.17, 15) is 14.9 Å². The van der Waals surface area contributed by atoms with Crippen LogP contribution in [0.1, 0.15) is 11.4 Å². The summed E-state index contributed by atoms with van der Waals surface area (Å²) in [4.78, 5) is 28.9. The highest BCUT2D eigenvalue weighted by Crippen LogP contribution is 2.34. The van der Waals surface area contributed by atoms with E-state index in [1.165, 1.54) is 6.07 Å². The third kappa shape index (κ3) is 2.18. The predicted molar refractivity (Wildman–Crippen MR) is 71.3 cm³/mol. The van der Waals surface area contributed by atoms with Gasteiger partial charge in [0.2, 0.25) is 5.91 Å². The van der Waals surface area contributed by atoms with E-state index >= 15 is 0 Å². The normalized spacial score (nSPS) is 12.9. The fraction of sp³-hybridized carbons (Fsp3) is 0.167. The maximum Gasteiger partial charge on any atom is 0.292 e. The molecule has 8 nitrogen and oxygen atoms in total. The van der Waals surface area contributed by atoms with Crippen molar-refractivity contribution in [3.05, 3.63) is 46.0 Å². The second-order valence-electron chi connectivity index (χ2n) is 4.40. The molecule has 0 unspecified atom stereocenters. The number of carbonyl (C=O) groups is 1. The summed E-state index contributed by atoms with van der Waals surface area (Å²) in [7, 11) is 0. The second-order valence-corrected chi connectivity index (χ2v) is 4.40. The number of nitrogens with one attached hydrogen (secondary N) is 3. The van der Waals surface area contributed by atoms with Crippen molar-refractivity contribution >= 4 is 23.0 Å². The molecule has 102 valence electrons. The lowest BCUT2D eigenvalue weighted by Gasteiger charge is -2.08. The van der Waals surface area contributed by atoms with Crippen molar-refractivity contribution < 1.29 is 9.72 Å². The minimum absolute atomic E-state index is 0.0493. The zero-order chi connectivity index (χ0) is 14.1.